The minimum atomic E-state index is -0.712. The molecule has 22 heavy (non-hydrogen) atoms. The largest absolute Gasteiger partial charge is 0.481 e. The molecule has 2 heterocycles. The second kappa shape index (κ2) is 5.07. The molecule has 3 aliphatic rings. The molecule has 2 aliphatic carbocycles. The highest BCUT2D eigenvalue weighted by Crippen LogP contribution is 2.51. The molecule has 3 atom stereocenters. The van der Waals surface area contributed by atoms with Gasteiger partial charge in [-0.05, 0) is 43.2 Å². The third-order valence-electron chi connectivity index (χ3n) is 5.62. The van der Waals surface area contributed by atoms with Crippen LogP contribution in [0.5, 0.6) is 0 Å². The lowest BCUT2D eigenvalue weighted by Crippen LogP contribution is -2.37. The van der Waals surface area contributed by atoms with Crippen molar-refractivity contribution in [3.8, 4) is 0 Å². The van der Waals surface area contributed by atoms with E-state index in [2.05, 4.69) is 4.98 Å². The highest BCUT2D eigenvalue weighted by atomic mass is 16.4. The van der Waals surface area contributed by atoms with Crippen LogP contribution in [0.2, 0.25) is 0 Å². The number of carbonyl (C=O) groups is 2. The van der Waals surface area contributed by atoms with Crippen LogP contribution in [0.1, 0.15) is 47.7 Å². The standard InChI is InChI=1S/C17H20N2O3/c20-16(11-4-5-14(18-8-11)10-2-1-3-10)19-7-6-12-13(9-19)15(12)17(21)22/h4-5,8,10,12-13,15H,1-3,6-7,9H2,(H,21,22)/t12-,13+,15-/m1/s1. The second-order valence-corrected chi connectivity index (χ2v) is 6.83. The van der Waals surface area contributed by atoms with E-state index in [1.807, 2.05) is 12.1 Å². The summed E-state index contributed by atoms with van der Waals surface area (Å²) < 4.78 is 0. The number of aromatic nitrogens is 1. The highest BCUT2D eigenvalue weighted by Gasteiger charge is 2.57. The van der Waals surface area contributed by atoms with E-state index in [4.69, 9.17) is 5.11 Å². The zero-order valence-electron chi connectivity index (χ0n) is 12.4. The smallest absolute Gasteiger partial charge is 0.307 e. The van der Waals surface area contributed by atoms with E-state index >= 15 is 0 Å². The Bertz CT molecular complexity index is 609. The van der Waals surface area contributed by atoms with E-state index in [0.717, 1.165) is 12.1 Å². The van der Waals surface area contributed by atoms with Crippen molar-refractivity contribution in [2.24, 2.45) is 17.8 Å². The summed E-state index contributed by atoms with van der Waals surface area (Å²) in [4.78, 5) is 29.9. The number of aliphatic carboxylic acids is 1. The SMILES string of the molecule is O=C(O)[C@@H]1[C@@H]2CCN(C(=O)c3ccc(C4CCC4)nc3)C[C@@H]21. The van der Waals surface area contributed by atoms with Crippen LogP contribution in [-0.4, -0.2) is 40.0 Å². The van der Waals surface area contributed by atoms with E-state index < -0.39 is 5.97 Å². The van der Waals surface area contributed by atoms with Crippen molar-refractivity contribution in [3.63, 3.8) is 0 Å². The summed E-state index contributed by atoms with van der Waals surface area (Å²) in [5, 5.41) is 9.12. The monoisotopic (exact) mass is 300 g/mol. The Balaban J connectivity index is 1.42. The fourth-order valence-electron chi connectivity index (χ4n) is 3.95. The number of rotatable bonds is 3. The van der Waals surface area contributed by atoms with Gasteiger partial charge in [0.2, 0.25) is 0 Å². The molecule has 0 aromatic carbocycles. The molecule has 0 radical (unpaired) electrons. The van der Waals surface area contributed by atoms with Gasteiger partial charge in [-0.15, -0.1) is 0 Å². The lowest BCUT2D eigenvalue weighted by atomic mass is 9.82. The molecule has 1 N–H and O–H groups in total. The first-order valence-corrected chi connectivity index (χ1v) is 8.13. The van der Waals surface area contributed by atoms with Gasteiger partial charge in [-0.3, -0.25) is 14.6 Å². The number of pyridine rings is 1. The van der Waals surface area contributed by atoms with E-state index in [1.54, 1.807) is 11.1 Å². The van der Waals surface area contributed by atoms with Crippen molar-refractivity contribution in [1.82, 2.24) is 9.88 Å². The van der Waals surface area contributed by atoms with Crippen molar-refractivity contribution >= 4 is 11.9 Å². The lowest BCUT2D eigenvalue weighted by Gasteiger charge is -2.27. The molecule has 3 fully saturated rings. The maximum absolute atomic E-state index is 12.5. The van der Waals surface area contributed by atoms with E-state index in [1.165, 1.54) is 19.3 Å². The van der Waals surface area contributed by atoms with E-state index in [9.17, 15) is 9.59 Å². The number of fused-ring (bicyclic) bond motifs is 1. The summed E-state index contributed by atoms with van der Waals surface area (Å²) >= 11 is 0. The number of amides is 1. The molecule has 1 amide bonds. The van der Waals surface area contributed by atoms with Gasteiger partial charge in [0.15, 0.2) is 0 Å². The predicted octanol–water partition coefficient (Wildman–Crippen LogP) is 2.14. The van der Waals surface area contributed by atoms with Crippen molar-refractivity contribution in [2.75, 3.05) is 13.1 Å². The summed E-state index contributed by atoms with van der Waals surface area (Å²) in [5.41, 5.74) is 1.71. The van der Waals surface area contributed by atoms with Gasteiger partial charge >= 0.3 is 5.97 Å². The second-order valence-electron chi connectivity index (χ2n) is 6.83. The molecular weight excluding hydrogens is 280 g/mol. The van der Waals surface area contributed by atoms with Gasteiger partial charge in [-0.1, -0.05) is 6.42 Å². The number of carboxylic acids is 1. The van der Waals surface area contributed by atoms with Crippen LogP contribution in [-0.2, 0) is 4.79 Å². The van der Waals surface area contributed by atoms with E-state index in [-0.39, 0.29) is 23.7 Å². The normalized spacial score (nSPS) is 30.4. The molecular formula is C17H20N2O3. The van der Waals surface area contributed by atoms with Gasteiger partial charge in [0.1, 0.15) is 0 Å². The summed E-state index contributed by atoms with van der Waals surface area (Å²) in [5.74, 6) is 0.0376. The van der Waals surface area contributed by atoms with Crippen molar-refractivity contribution in [3.05, 3.63) is 29.6 Å². The lowest BCUT2D eigenvalue weighted by molar-refractivity contribution is -0.139. The summed E-state index contributed by atoms with van der Waals surface area (Å²) in [6, 6.07) is 3.84. The third kappa shape index (κ3) is 2.19. The highest BCUT2D eigenvalue weighted by molar-refractivity contribution is 5.94. The summed E-state index contributed by atoms with van der Waals surface area (Å²) in [7, 11) is 0. The number of hydrogen-bond acceptors (Lipinski definition) is 3. The Morgan fingerprint density at radius 2 is 2.00 bits per heavy atom. The first-order valence-electron chi connectivity index (χ1n) is 8.13. The van der Waals surface area contributed by atoms with Crippen LogP contribution >= 0.6 is 0 Å². The predicted molar refractivity (Wildman–Crippen MR) is 79.5 cm³/mol. The molecule has 1 aliphatic heterocycles. The summed E-state index contributed by atoms with van der Waals surface area (Å²) in [6.45, 7) is 1.24. The van der Waals surface area contributed by atoms with E-state index in [0.29, 0.717) is 24.6 Å². The van der Waals surface area contributed by atoms with Gasteiger partial charge < -0.3 is 10.0 Å². The molecule has 5 heteroatoms. The van der Waals surface area contributed by atoms with Gasteiger partial charge in [-0.2, -0.15) is 0 Å². The van der Waals surface area contributed by atoms with Gasteiger partial charge in [0, 0.05) is 30.9 Å². The molecule has 1 aromatic rings. The molecule has 1 aromatic heterocycles. The first-order chi connectivity index (χ1) is 10.6. The number of hydrogen-bond donors (Lipinski definition) is 1. The molecule has 4 rings (SSSR count). The Morgan fingerprint density at radius 3 is 2.59 bits per heavy atom. The van der Waals surface area contributed by atoms with Gasteiger partial charge in [-0.25, -0.2) is 0 Å². The van der Waals surface area contributed by atoms with Crippen LogP contribution < -0.4 is 0 Å². The average molecular weight is 300 g/mol. The number of nitrogens with zero attached hydrogens (tertiary/aromatic N) is 2. The van der Waals surface area contributed by atoms with Crippen LogP contribution in [0.4, 0.5) is 0 Å². The van der Waals surface area contributed by atoms with Crippen molar-refractivity contribution < 1.29 is 14.7 Å². The molecule has 1 saturated heterocycles. The molecule has 0 spiro atoms. The fourth-order valence-corrected chi connectivity index (χ4v) is 3.95. The summed E-state index contributed by atoms with van der Waals surface area (Å²) in [6.07, 6.45) is 6.16. The Kier molecular flexibility index (Phi) is 3.17. The minimum Gasteiger partial charge on any atom is -0.481 e. The maximum atomic E-state index is 12.5. The quantitative estimate of drug-likeness (QED) is 0.928. The maximum Gasteiger partial charge on any atom is 0.307 e. The molecule has 0 unspecified atom stereocenters. The number of likely N-dealkylation sites (tertiary alicyclic amines) is 1. The zero-order chi connectivity index (χ0) is 15.3. The van der Waals surface area contributed by atoms with Crippen LogP contribution in [0.15, 0.2) is 18.3 Å². The minimum absolute atomic E-state index is 0.0119. The number of carboxylic acid groups (broad SMARTS) is 1. The first kappa shape index (κ1) is 13.7. The van der Waals surface area contributed by atoms with Gasteiger partial charge in [0.05, 0.1) is 11.5 Å². The number of piperidine rings is 1. The molecule has 2 saturated carbocycles. The Labute approximate surface area is 129 Å². The topological polar surface area (TPSA) is 70.5 Å². The van der Waals surface area contributed by atoms with Crippen LogP contribution in [0, 0.1) is 17.8 Å². The zero-order valence-corrected chi connectivity index (χ0v) is 12.4. The molecule has 116 valence electrons. The Hall–Kier alpha value is -1.91. The fraction of sp³-hybridized carbons (Fsp3) is 0.588. The number of carbonyl (C=O) groups excluding carboxylic acids is 1. The van der Waals surface area contributed by atoms with Gasteiger partial charge in [0.25, 0.3) is 5.91 Å². The van der Waals surface area contributed by atoms with Crippen molar-refractivity contribution in [2.45, 2.75) is 31.6 Å². The molecule has 5 nitrogen and oxygen atoms in total. The van der Waals surface area contributed by atoms with Crippen LogP contribution in [0.25, 0.3) is 0 Å². The van der Waals surface area contributed by atoms with Crippen LogP contribution in [0.3, 0.4) is 0 Å². The third-order valence-corrected chi connectivity index (χ3v) is 5.62. The Morgan fingerprint density at radius 1 is 1.18 bits per heavy atom. The van der Waals surface area contributed by atoms with Crippen molar-refractivity contribution in [1.29, 1.82) is 0 Å². The molecule has 0 bridgehead atoms. The average Bonchev–Trinajstić information content (AvgIpc) is 3.19.